The molecule has 126 valence electrons. The molecule has 2 aromatic rings. The maximum atomic E-state index is 13.1. The summed E-state index contributed by atoms with van der Waals surface area (Å²) in [6.07, 6.45) is 0.781. The van der Waals surface area contributed by atoms with Gasteiger partial charge >= 0.3 is 0 Å². The zero-order chi connectivity index (χ0) is 17.1. The van der Waals surface area contributed by atoms with Gasteiger partial charge in [0.2, 0.25) is 0 Å². The van der Waals surface area contributed by atoms with Gasteiger partial charge in [0, 0.05) is 12.6 Å². The minimum absolute atomic E-state index is 0.000695. The fourth-order valence-electron chi connectivity index (χ4n) is 2.70. The SMILES string of the molecule is CCC1COCCN1C(=O)c1ccc(=O)n(-c2ccc(F)cc2)n1. The molecule has 24 heavy (non-hydrogen) atoms. The molecule has 1 fully saturated rings. The summed E-state index contributed by atoms with van der Waals surface area (Å²) in [6.45, 7) is 3.47. The Bertz CT molecular complexity index is 788. The van der Waals surface area contributed by atoms with Crippen LogP contribution in [0.25, 0.3) is 5.69 Å². The lowest BCUT2D eigenvalue weighted by molar-refractivity contribution is -0.00320. The second kappa shape index (κ2) is 6.92. The van der Waals surface area contributed by atoms with E-state index in [1.54, 1.807) is 4.90 Å². The van der Waals surface area contributed by atoms with E-state index in [2.05, 4.69) is 5.10 Å². The predicted molar refractivity (Wildman–Crippen MR) is 85.7 cm³/mol. The Morgan fingerprint density at radius 2 is 2.04 bits per heavy atom. The lowest BCUT2D eigenvalue weighted by Gasteiger charge is -2.34. The number of hydrogen-bond acceptors (Lipinski definition) is 4. The molecule has 2 heterocycles. The second-order valence-electron chi connectivity index (χ2n) is 5.58. The van der Waals surface area contributed by atoms with Crippen LogP contribution in [0.1, 0.15) is 23.8 Å². The van der Waals surface area contributed by atoms with Crippen molar-refractivity contribution in [2.45, 2.75) is 19.4 Å². The van der Waals surface area contributed by atoms with E-state index in [0.29, 0.717) is 25.4 Å². The fraction of sp³-hybridized carbons (Fsp3) is 0.353. The third kappa shape index (κ3) is 3.21. The van der Waals surface area contributed by atoms with Crippen LogP contribution in [-0.2, 0) is 4.74 Å². The molecule has 1 aliphatic rings. The van der Waals surface area contributed by atoms with Crippen LogP contribution in [0.2, 0.25) is 0 Å². The molecule has 0 spiro atoms. The molecule has 1 unspecified atom stereocenters. The first-order chi connectivity index (χ1) is 11.6. The Labute approximate surface area is 138 Å². The molecule has 0 radical (unpaired) electrons. The van der Waals surface area contributed by atoms with Gasteiger partial charge in [-0.3, -0.25) is 9.59 Å². The van der Waals surface area contributed by atoms with Crippen LogP contribution in [0.5, 0.6) is 0 Å². The van der Waals surface area contributed by atoms with Crippen molar-refractivity contribution in [3.63, 3.8) is 0 Å². The van der Waals surface area contributed by atoms with Gasteiger partial charge in [0.15, 0.2) is 0 Å². The van der Waals surface area contributed by atoms with Crippen LogP contribution < -0.4 is 5.56 Å². The maximum Gasteiger partial charge on any atom is 0.274 e. The summed E-state index contributed by atoms with van der Waals surface area (Å²) >= 11 is 0. The third-order valence-electron chi connectivity index (χ3n) is 4.05. The van der Waals surface area contributed by atoms with Crippen LogP contribution in [0.4, 0.5) is 4.39 Å². The third-order valence-corrected chi connectivity index (χ3v) is 4.05. The monoisotopic (exact) mass is 331 g/mol. The van der Waals surface area contributed by atoms with Crippen LogP contribution in [0, 0.1) is 5.82 Å². The number of hydrogen-bond donors (Lipinski definition) is 0. The van der Waals surface area contributed by atoms with Crippen LogP contribution in [-0.4, -0.2) is 46.4 Å². The van der Waals surface area contributed by atoms with Gasteiger partial charge in [0.05, 0.1) is 24.9 Å². The van der Waals surface area contributed by atoms with Crippen molar-refractivity contribution in [1.29, 1.82) is 0 Å². The summed E-state index contributed by atoms with van der Waals surface area (Å²) in [5.41, 5.74) is 0.205. The van der Waals surface area contributed by atoms with E-state index in [1.807, 2.05) is 6.92 Å². The Hall–Kier alpha value is -2.54. The summed E-state index contributed by atoms with van der Waals surface area (Å²) < 4.78 is 19.6. The van der Waals surface area contributed by atoms with Crippen molar-refractivity contribution in [2.75, 3.05) is 19.8 Å². The number of rotatable bonds is 3. The van der Waals surface area contributed by atoms with E-state index >= 15 is 0 Å². The van der Waals surface area contributed by atoms with Crippen molar-refractivity contribution in [1.82, 2.24) is 14.7 Å². The topological polar surface area (TPSA) is 64.4 Å². The summed E-state index contributed by atoms with van der Waals surface area (Å²) in [6, 6.07) is 8.10. The average Bonchev–Trinajstić information content (AvgIpc) is 2.62. The van der Waals surface area contributed by atoms with Crippen molar-refractivity contribution in [3.05, 3.63) is 58.3 Å². The molecule has 1 aromatic carbocycles. The molecule has 7 heteroatoms. The zero-order valence-electron chi connectivity index (χ0n) is 13.3. The number of carbonyl (C=O) groups is 1. The number of aromatic nitrogens is 2. The number of benzene rings is 1. The number of carbonyl (C=O) groups excluding carboxylic acids is 1. The highest BCUT2D eigenvalue weighted by molar-refractivity contribution is 5.92. The smallest absolute Gasteiger partial charge is 0.274 e. The number of halogens is 1. The largest absolute Gasteiger partial charge is 0.377 e. The van der Waals surface area contributed by atoms with Crippen molar-refractivity contribution in [2.24, 2.45) is 0 Å². The first-order valence-electron chi connectivity index (χ1n) is 7.85. The van der Waals surface area contributed by atoms with Crippen molar-refractivity contribution < 1.29 is 13.9 Å². The molecule has 0 N–H and O–H groups in total. The van der Waals surface area contributed by atoms with E-state index < -0.39 is 5.82 Å². The van der Waals surface area contributed by atoms with Gasteiger partial charge in [-0.25, -0.2) is 4.39 Å². The minimum Gasteiger partial charge on any atom is -0.377 e. The van der Waals surface area contributed by atoms with Crippen LogP contribution in [0.15, 0.2) is 41.2 Å². The van der Waals surface area contributed by atoms with Crippen molar-refractivity contribution >= 4 is 5.91 Å². The van der Waals surface area contributed by atoms with E-state index in [4.69, 9.17) is 4.74 Å². The van der Waals surface area contributed by atoms with Gasteiger partial charge in [-0.2, -0.15) is 9.78 Å². The van der Waals surface area contributed by atoms with Gasteiger partial charge in [0.25, 0.3) is 11.5 Å². The molecular formula is C17H18FN3O3. The van der Waals surface area contributed by atoms with Crippen LogP contribution in [0.3, 0.4) is 0 Å². The molecule has 1 aliphatic heterocycles. The van der Waals surface area contributed by atoms with Crippen LogP contribution >= 0.6 is 0 Å². The van der Waals surface area contributed by atoms with E-state index in [0.717, 1.165) is 11.1 Å². The number of nitrogens with zero attached hydrogens (tertiary/aromatic N) is 3. The molecule has 0 aliphatic carbocycles. The molecule has 0 bridgehead atoms. The predicted octanol–water partition coefficient (Wildman–Crippen LogP) is 1.62. The molecule has 1 amide bonds. The Morgan fingerprint density at radius 1 is 1.29 bits per heavy atom. The van der Waals surface area contributed by atoms with Gasteiger partial charge in [-0.1, -0.05) is 6.92 Å². The number of morpholine rings is 1. The summed E-state index contributed by atoms with van der Waals surface area (Å²) in [7, 11) is 0. The van der Waals surface area contributed by atoms with E-state index in [9.17, 15) is 14.0 Å². The first kappa shape index (κ1) is 16.3. The Kier molecular flexibility index (Phi) is 4.71. The van der Waals surface area contributed by atoms with E-state index in [-0.39, 0.29) is 23.2 Å². The maximum absolute atomic E-state index is 13.1. The highest BCUT2D eigenvalue weighted by Crippen LogP contribution is 2.14. The molecule has 1 saturated heterocycles. The summed E-state index contributed by atoms with van der Waals surface area (Å²) in [4.78, 5) is 26.5. The van der Waals surface area contributed by atoms with Gasteiger partial charge in [0.1, 0.15) is 11.5 Å². The highest BCUT2D eigenvalue weighted by Gasteiger charge is 2.28. The summed E-state index contributed by atoms with van der Waals surface area (Å²) in [5.74, 6) is -0.640. The zero-order valence-corrected chi connectivity index (χ0v) is 13.3. The molecule has 3 rings (SSSR count). The standard InChI is InChI=1S/C17H18FN3O3/c1-2-13-11-24-10-9-20(13)17(23)15-7-8-16(22)21(19-15)14-5-3-12(18)4-6-14/h3-8,13H,2,9-11H2,1H3. The van der Waals surface area contributed by atoms with Crippen molar-refractivity contribution in [3.8, 4) is 5.69 Å². The quantitative estimate of drug-likeness (QED) is 0.857. The summed E-state index contributed by atoms with van der Waals surface area (Å²) in [5, 5.41) is 4.17. The first-order valence-corrected chi connectivity index (χ1v) is 7.85. The highest BCUT2D eigenvalue weighted by atomic mass is 19.1. The average molecular weight is 331 g/mol. The minimum atomic E-state index is -0.405. The van der Waals surface area contributed by atoms with Gasteiger partial charge < -0.3 is 9.64 Å². The lowest BCUT2D eigenvalue weighted by Crippen LogP contribution is -2.48. The van der Waals surface area contributed by atoms with Gasteiger partial charge in [-0.05, 0) is 36.8 Å². The molecule has 1 aromatic heterocycles. The molecule has 0 saturated carbocycles. The number of ether oxygens (including phenoxy) is 1. The van der Waals surface area contributed by atoms with Gasteiger partial charge in [-0.15, -0.1) is 0 Å². The normalized spacial score (nSPS) is 17.8. The lowest BCUT2D eigenvalue weighted by atomic mass is 10.1. The molecular weight excluding hydrogens is 313 g/mol. The fourth-order valence-corrected chi connectivity index (χ4v) is 2.70. The van der Waals surface area contributed by atoms with E-state index in [1.165, 1.54) is 36.4 Å². The molecule has 6 nitrogen and oxygen atoms in total. The Morgan fingerprint density at radius 3 is 2.75 bits per heavy atom. The number of amides is 1. The second-order valence-corrected chi connectivity index (χ2v) is 5.58. The Balaban J connectivity index is 1.94. The molecule has 1 atom stereocenters.